The quantitative estimate of drug-likeness (QED) is 0.433. The Morgan fingerprint density at radius 2 is 1.72 bits per heavy atom. The van der Waals surface area contributed by atoms with Gasteiger partial charge in [-0.15, -0.1) is 0 Å². The van der Waals surface area contributed by atoms with E-state index in [2.05, 4.69) is 35.3 Å². The largest absolute Gasteiger partial charge is 0.366 e. The number of benzene rings is 3. The van der Waals surface area contributed by atoms with Gasteiger partial charge in [0, 0.05) is 48.9 Å². The highest BCUT2D eigenvalue weighted by atomic mass is 16.2. The zero-order chi connectivity index (χ0) is 25.1. The summed E-state index contributed by atoms with van der Waals surface area (Å²) in [4.78, 5) is 33.6. The molecule has 1 atom stereocenters. The number of para-hydroxylation sites is 1. The van der Waals surface area contributed by atoms with Crippen molar-refractivity contribution in [2.24, 2.45) is 5.73 Å². The number of fused-ring (bicyclic) bond motifs is 1. The molecule has 182 valence electrons. The summed E-state index contributed by atoms with van der Waals surface area (Å²) in [5.74, 6) is -0.467. The highest BCUT2D eigenvalue weighted by Gasteiger charge is 2.27. The number of piperazine rings is 1. The molecule has 1 fully saturated rings. The Labute approximate surface area is 210 Å². The van der Waals surface area contributed by atoms with Crippen molar-refractivity contribution in [3.05, 3.63) is 96.2 Å². The topological polar surface area (TPSA) is 91.6 Å². The number of carbonyl (C=O) groups excluding carboxylic acids is 2. The third-order valence-electron chi connectivity index (χ3n) is 6.67. The summed E-state index contributed by atoms with van der Waals surface area (Å²) < 4.78 is 0. The second-order valence-electron chi connectivity index (χ2n) is 9.22. The molecule has 1 aliphatic heterocycles. The van der Waals surface area contributed by atoms with Crippen LogP contribution in [0.4, 0.5) is 10.5 Å². The molecule has 0 unspecified atom stereocenters. The van der Waals surface area contributed by atoms with Gasteiger partial charge in [0.25, 0.3) is 0 Å². The van der Waals surface area contributed by atoms with Gasteiger partial charge in [-0.3, -0.25) is 14.7 Å². The maximum Gasteiger partial charge on any atom is 0.321 e. The summed E-state index contributed by atoms with van der Waals surface area (Å²) in [6.07, 6.45) is 0. The first-order valence-electron chi connectivity index (χ1n) is 12.1. The minimum Gasteiger partial charge on any atom is -0.366 e. The second-order valence-corrected chi connectivity index (χ2v) is 9.22. The standard InChI is InChI=1S/C29H29N5O2/c1-20-18-34(15-14-33(20)19-26-13-12-21-6-2-3-11-27(21)31-26)29(36)32-25-10-5-8-23(17-25)22-7-4-9-24(16-22)28(30)35/h2-13,16-17,20H,14-15,18-19H2,1H3,(H2,30,35)(H,32,36)/t20-/m1/s1. The van der Waals surface area contributed by atoms with Crippen molar-refractivity contribution >= 4 is 28.5 Å². The number of amides is 3. The maximum absolute atomic E-state index is 13.0. The van der Waals surface area contributed by atoms with Gasteiger partial charge < -0.3 is 16.0 Å². The van der Waals surface area contributed by atoms with E-state index in [-0.39, 0.29) is 12.1 Å². The van der Waals surface area contributed by atoms with Gasteiger partial charge in [-0.25, -0.2) is 4.79 Å². The van der Waals surface area contributed by atoms with E-state index < -0.39 is 5.91 Å². The number of anilines is 1. The Hall–Kier alpha value is -4.23. The van der Waals surface area contributed by atoms with E-state index in [1.54, 1.807) is 18.2 Å². The van der Waals surface area contributed by atoms with Crippen LogP contribution >= 0.6 is 0 Å². The van der Waals surface area contributed by atoms with E-state index in [0.717, 1.165) is 40.8 Å². The van der Waals surface area contributed by atoms with Crippen molar-refractivity contribution in [3.8, 4) is 11.1 Å². The Morgan fingerprint density at radius 1 is 0.944 bits per heavy atom. The van der Waals surface area contributed by atoms with Crippen molar-refractivity contribution in [3.63, 3.8) is 0 Å². The Balaban J connectivity index is 1.21. The van der Waals surface area contributed by atoms with E-state index in [0.29, 0.717) is 24.3 Å². The van der Waals surface area contributed by atoms with Crippen LogP contribution in [0, 0.1) is 0 Å². The fourth-order valence-corrected chi connectivity index (χ4v) is 4.65. The van der Waals surface area contributed by atoms with Gasteiger partial charge in [0.05, 0.1) is 11.2 Å². The molecular weight excluding hydrogens is 450 g/mol. The van der Waals surface area contributed by atoms with Crippen LogP contribution in [0.25, 0.3) is 22.0 Å². The fraction of sp³-hybridized carbons (Fsp3) is 0.207. The number of hydrogen-bond donors (Lipinski definition) is 2. The third kappa shape index (κ3) is 5.21. The smallest absolute Gasteiger partial charge is 0.321 e. The Kier molecular flexibility index (Phi) is 6.64. The van der Waals surface area contributed by atoms with Crippen LogP contribution in [-0.4, -0.2) is 52.4 Å². The van der Waals surface area contributed by atoms with Gasteiger partial charge in [-0.05, 0) is 54.4 Å². The van der Waals surface area contributed by atoms with E-state index >= 15 is 0 Å². The normalized spacial score (nSPS) is 16.1. The zero-order valence-corrected chi connectivity index (χ0v) is 20.2. The third-order valence-corrected chi connectivity index (χ3v) is 6.67. The fourth-order valence-electron chi connectivity index (χ4n) is 4.65. The number of nitrogens with zero attached hydrogens (tertiary/aromatic N) is 3. The summed E-state index contributed by atoms with van der Waals surface area (Å²) in [7, 11) is 0. The van der Waals surface area contributed by atoms with Crippen molar-refractivity contribution in [2.75, 3.05) is 25.0 Å². The van der Waals surface area contributed by atoms with Gasteiger partial charge in [0.2, 0.25) is 5.91 Å². The van der Waals surface area contributed by atoms with Crippen molar-refractivity contribution < 1.29 is 9.59 Å². The van der Waals surface area contributed by atoms with Gasteiger partial charge in [-0.2, -0.15) is 0 Å². The molecule has 1 aromatic heterocycles. The average Bonchev–Trinajstić information content (AvgIpc) is 2.90. The zero-order valence-electron chi connectivity index (χ0n) is 20.2. The minimum atomic E-state index is -0.467. The average molecular weight is 480 g/mol. The van der Waals surface area contributed by atoms with Gasteiger partial charge >= 0.3 is 6.03 Å². The number of urea groups is 1. The number of aromatic nitrogens is 1. The summed E-state index contributed by atoms with van der Waals surface area (Å²) >= 11 is 0. The molecule has 5 rings (SSSR count). The Morgan fingerprint density at radius 3 is 2.53 bits per heavy atom. The number of pyridine rings is 1. The molecular formula is C29H29N5O2. The van der Waals surface area contributed by atoms with E-state index in [1.807, 2.05) is 53.4 Å². The van der Waals surface area contributed by atoms with E-state index in [1.165, 1.54) is 0 Å². The monoisotopic (exact) mass is 479 g/mol. The molecule has 3 aromatic carbocycles. The molecule has 0 aliphatic carbocycles. The Bertz CT molecular complexity index is 1420. The molecule has 3 amide bonds. The molecule has 4 aromatic rings. The molecule has 1 aliphatic rings. The molecule has 7 heteroatoms. The van der Waals surface area contributed by atoms with Crippen LogP contribution in [0.5, 0.6) is 0 Å². The minimum absolute atomic E-state index is 0.117. The van der Waals surface area contributed by atoms with Gasteiger partial charge in [-0.1, -0.05) is 48.5 Å². The van der Waals surface area contributed by atoms with Crippen LogP contribution < -0.4 is 11.1 Å². The molecule has 1 saturated heterocycles. The van der Waals surface area contributed by atoms with E-state index in [4.69, 9.17) is 10.7 Å². The van der Waals surface area contributed by atoms with Crippen LogP contribution in [0.1, 0.15) is 23.0 Å². The van der Waals surface area contributed by atoms with Crippen molar-refractivity contribution in [1.82, 2.24) is 14.8 Å². The SMILES string of the molecule is C[C@@H]1CN(C(=O)Nc2cccc(-c3cccc(C(N)=O)c3)c2)CCN1Cc1ccc2ccccc2n1. The molecule has 36 heavy (non-hydrogen) atoms. The first kappa shape index (κ1) is 23.5. The lowest BCUT2D eigenvalue weighted by Gasteiger charge is -2.39. The van der Waals surface area contributed by atoms with Crippen molar-refractivity contribution in [2.45, 2.75) is 19.5 Å². The van der Waals surface area contributed by atoms with Crippen LogP contribution in [-0.2, 0) is 6.54 Å². The number of nitrogens with two attached hydrogens (primary N) is 1. The number of rotatable bonds is 5. The molecule has 7 nitrogen and oxygen atoms in total. The number of hydrogen-bond acceptors (Lipinski definition) is 4. The lowest BCUT2D eigenvalue weighted by atomic mass is 10.0. The van der Waals surface area contributed by atoms with Gasteiger partial charge in [0.1, 0.15) is 0 Å². The highest BCUT2D eigenvalue weighted by Crippen LogP contribution is 2.24. The van der Waals surface area contributed by atoms with E-state index in [9.17, 15) is 9.59 Å². The highest BCUT2D eigenvalue weighted by molar-refractivity contribution is 5.94. The molecule has 0 saturated carbocycles. The lowest BCUT2D eigenvalue weighted by molar-refractivity contribution is 0.0965. The first-order valence-corrected chi connectivity index (χ1v) is 12.1. The molecule has 3 N–H and O–H groups in total. The van der Waals surface area contributed by atoms with Crippen LogP contribution in [0.15, 0.2) is 84.9 Å². The van der Waals surface area contributed by atoms with Gasteiger partial charge in [0.15, 0.2) is 0 Å². The number of nitrogens with one attached hydrogen (secondary N) is 1. The molecule has 2 heterocycles. The predicted molar refractivity (Wildman–Crippen MR) is 143 cm³/mol. The molecule has 0 spiro atoms. The van der Waals surface area contributed by atoms with Crippen molar-refractivity contribution in [1.29, 1.82) is 0 Å². The molecule has 0 radical (unpaired) electrons. The number of carbonyl (C=O) groups is 2. The maximum atomic E-state index is 13.0. The summed E-state index contributed by atoms with van der Waals surface area (Å²) in [6.45, 7) is 4.97. The first-order chi connectivity index (χ1) is 17.5. The lowest BCUT2D eigenvalue weighted by Crippen LogP contribution is -2.54. The predicted octanol–water partition coefficient (Wildman–Crippen LogP) is 4.74. The second kappa shape index (κ2) is 10.2. The van der Waals surface area contributed by atoms with Crippen LogP contribution in [0.3, 0.4) is 0 Å². The summed E-state index contributed by atoms with van der Waals surface area (Å²) in [6, 6.07) is 27.2. The van der Waals surface area contributed by atoms with Crippen LogP contribution in [0.2, 0.25) is 0 Å². The summed E-state index contributed by atoms with van der Waals surface area (Å²) in [5.41, 5.74) is 10.4. The number of primary amides is 1. The molecule has 0 bridgehead atoms. The summed E-state index contributed by atoms with van der Waals surface area (Å²) in [5, 5.41) is 4.17.